The average molecular weight is 595 g/mol. The van der Waals surface area contributed by atoms with Gasteiger partial charge in [0, 0.05) is 30.3 Å². The summed E-state index contributed by atoms with van der Waals surface area (Å²) in [5.74, 6) is 0.542. The van der Waals surface area contributed by atoms with Gasteiger partial charge in [-0.1, -0.05) is 41.7 Å². The molecule has 2 unspecified atom stereocenters. The molecule has 222 valence electrons. The molecule has 3 aromatic rings. The van der Waals surface area contributed by atoms with Crippen LogP contribution < -0.4 is 20.1 Å². The first-order valence-corrected chi connectivity index (χ1v) is 14.5. The second-order valence-electron chi connectivity index (χ2n) is 10.5. The fraction of sp³-hybridized carbons (Fsp3) is 0.400. The van der Waals surface area contributed by atoms with E-state index < -0.39 is 17.6 Å². The zero-order valence-electron chi connectivity index (χ0n) is 23.8. The topological polar surface area (TPSA) is 128 Å². The van der Waals surface area contributed by atoms with Gasteiger partial charge < -0.3 is 29.6 Å². The quantitative estimate of drug-likeness (QED) is 0.298. The molecule has 2 aromatic carbocycles. The van der Waals surface area contributed by atoms with E-state index in [0.717, 1.165) is 24.0 Å². The predicted molar refractivity (Wildman–Crippen MR) is 155 cm³/mol. The summed E-state index contributed by atoms with van der Waals surface area (Å²) in [6.07, 6.45) is 0.998. The maximum absolute atomic E-state index is 13.6. The summed E-state index contributed by atoms with van der Waals surface area (Å²) >= 11 is 1.26. The van der Waals surface area contributed by atoms with Gasteiger partial charge in [-0.2, -0.15) is 0 Å². The summed E-state index contributed by atoms with van der Waals surface area (Å²) in [6, 6.07) is 14.6. The smallest absolute Gasteiger partial charge is 0.294 e. The summed E-state index contributed by atoms with van der Waals surface area (Å²) in [7, 11) is 3.12. The summed E-state index contributed by atoms with van der Waals surface area (Å²) in [5.41, 5.74) is 1.04. The lowest BCUT2D eigenvalue weighted by atomic mass is 9.88. The SMILES string of the molecule is COc1ccc(CNC(=O)c2nc(C3CCCN3C(OC=O)c3ccccc3)sc2NC(=O)C2(C)COC2)c(OC)c1. The molecule has 2 N–H and O–H groups in total. The Kier molecular flexibility index (Phi) is 9.05. The number of hydrogen-bond donors (Lipinski definition) is 2. The number of likely N-dealkylation sites (tertiary alicyclic amines) is 1. The number of nitrogens with one attached hydrogen (secondary N) is 2. The van der Waals surface area contributed by atoms with Crippen LogP contribution in [0, 0.1) is 5.41 Å². The Labute approximate surface area is 248 Å². The molecule has 0 radical (unpaired) electrons. The van der Waals surface area contributed by atoms with Crippen molar-refractivity contribution in [2.45, 2.75) is 38.6 Å². The molecule has 2 amide bonds. The molecule has 2 aliphatic rings. The van der Waals surface area contributed by atoms with Crippen LogP contribution >= 0.6 is 11.3 Å². The van der Waals surface area contributed by atoms with E-state index >= 15 is 0 Å². The lowest BCUT2D eigenvalue weighted by molar-refractivity contribution is -0.152. The van der Waals surface area contributed by atoms with Gasteiger partial charge in [0.1, 0.15) is 21.5 Å². The van der Waals surface area contributed by atoms with Gasteiger partial charge >= 0.3 is 0 Å². The van der Waals surface area contributed by atoms with Crippen molar-refractivity contribution < 1.29 is 33.3 Å². The molecule has 3 heterocycles. The number of carbonyl (C=O) groups is 3. The number of nitrogens with zero attached hydrogens (tertiary/aromatic N) is 2. The van der Waals surface area contributed by atoms with Crippen molar-refractivity contribution in [1.82, 2.24) is 15.2 Å². The molecule has 5 rings (SSSR count). The molecule has 0 spiro atoms. The highest BCUT2D eigenvalue weighted by Crippen LogP contribution is 2.43. The summed E-state index contributed by atoms with van der Waals surface area (Å²) in [4.78, 5) is 45.0. The average Bonchev–Trinajstić information content (AvgIpc) is 3.65. The van der Waals surface area contributed by atoms with Crippen molar-refractivity contribution in [1.29, 1.82) is 0 Å². The fourth-order valence-electron chi connectivity index (χ4n) is 5.12. The van der Waals surface area contributed by atoms with Crippen molar-refractivity contribution in [2.75, 3.05) is 39.3 Å². The van der Waals surface area contributed by atoms with Crippen LogP contribution in [0.15, 0.2) is 48.5 Å². The van der Waals surface area contributed by atoms with Gasteiger partial charge in [-0.3, -0.25) is 19.3 Å². The molecule has 12 heteroatoms. The van der Waals surface area contributed by atoms with Crippen LogP contribution in [-0.4, -0.2) is 62.1 Å². The largest absolute Gasteiger partial charge is 0.497 e. The normalized spacial score (nSPS) is 18.4. The van der Waals surface area contributed by atoms with Crippen molar-refractivity contribution in [2.24, 2.45) is 5.41 Å². The molecule has 2 atom stereocenters. The van der Waals surface area contributed by atoms with Gasteiger partial charge in [-0.05, 0) is 31.9 Å². The molecule has 11 nitrogen and oxygen atoms in total. The summed E-state index contributed by atoms with van der Waals surface area (Å²) < 4.78 is 21.5. The third-order valence-electron chi connectivity index (χ3n) is 7.56. The van der Waals surface area contributed by atoms with E-state index in [4.69, 9.17) is 23.9 Å². The predicted octanol–water partition coefficient (Wildman–Crippen LogP) is 4.07. The first-order chi connectivity index (χ1) is 20.4. The molecule has 42 heavy (non-hydrogen) atoms. The van der Waals surface area contributed by atoms with Crippen LogP contribution in [-0.2, 0) is 25.6 Å². The van der Waals surface area contributed by atoms with Gasteiger partial charge in [0.25, 0.3) is 12.4 Å². The van der Waals surface area contributed by atoms with Crippen LogP contribution in [0.5, 0.6) is 11.5 Å². The fourth-order valence-corrected chi connectivity index (χ4v) is 6.24. The van der Waals surface area contributed by atoms with E-state index in [1.165, 1.54) is 11.3 Å². The number of rotatable bonds is 12. The van der Waals surface area contributed by atoms with Crippen LogP contribution in [0.25, 0.3) is 0 Å². The Bertz CT molecular complexity index is 1430. The monoisotopic (exact) mass is 594 g/mol. The standard InChI is InChI=1S/C30H34N4O7S/c1-30(16-40-17-30)29(37)33-27-24(25(36)31-15-20-11-12-21(38-2)14-23(20)39-3)32-26(42-27)22-10-7-13-34(22)28(41-18-35)19-8-5-4-6-9-19/h4-6,8-9,11-12,14,18,22,28H,7,10,13,15-17H2,1-3H3,(H,31,36)(H,33,37). The Hall–Kier alpha value is -4.00. The first kappa shape index (κ1) is 29.5. The molecular weight excluding hydrogens is 560 g/mol. The van der Waals surface area contributed by atoms with E-state index in [0.29, 0.717) is 47.7 Å². The number of amides is 2. The van der Waals surface area contributed by atoms with Crippen molar-refractivity contribution in [3.05, 3.63) is 70.4 Å². The third kappa shape index (κ3) is 6.10. The molecule has 2 aliphatic heterocycles. The number of thiazole rings is 1. The first-order valence-electron chi connectivity index (χ1n) is 13.7. The highest BCUT2D eigenvalue weighted by molar-refractivity contribution is 7.16. The van der Waals surface area contributed by atoms with E-state index in [-0.39, 0.29) is 24.2 Å². The maximum atomic E-state index is 13.6. The highest BCUT2D eigenvalue weighted by Gasteiger charge is 2.42. The Morgan fingerprint density at radius 3 is 2.64 bits per heavy atom. The Balaban J connectivity index is 1.43. The highest BCUT2D eigenvalue weighted by atomic mass is 32.1. The summed E-state index contributed by atoms with van der Waals surface area (Å²) in [5, 5.41) is 6.88. The van der Waals surface area contributed by atoms with Crippen LogP contribution in [0.3, 0.4) is 0 Å². The number of anilines is 1. The molecule has 0 bridgehead atoms. The number of hydrogen-bond acceptors (Lipinski definition) is 10. The van der Waals surface area contributed by atoms with Gasteiger partial charge in [0.15, 0.2) is 11.9 Å². The lowest BCUT2D eigenvalue weighted by Crippen LogP contribution is -2.49. The van der Waals surface area contributed by atoms with E-state index in [1.807, 2.05) is 43.3 Å². The molecular formula is C30H34N4O7S. The van der Waals surface area contributed by atoms with Gasteiger partial charge in [0.05, 0.1) is 38.9 Å². The second-order valence-corrected chi connectivity index (χ2v) is 11.5. The number of ether oxygens (including phenoxy) is 4. The van der Waals surface area contributed by atoms with Gasteiger partial charge in [0.2, 0.25) is 5.91 Å². The Morgan fingerprint density at radius 1 is 1.19 bits per heavy atom. The number of carbonyl (C=O) groups excluding carboxylic acids is 3. The van der Waals surface area contributed by atoms with Crippen molar-refractivity contribution in [3.63, 3.8) is 0 Å². The summed E-state index contributed by atoms with van der Waals surface area (Å²) in [6.45, 7) is 3.74. The molecule has 0 saturated carbocycles. The zero-order valence-corrected chi connectivity index (χ0v) is 24.6. The van der Waals surface area contributed by atoms with Crippen molar-refractivity contribution >= 4 is 34.6 Å². The lowest BCUT2D eigenvalue weighted by Gasteiger charge is -2.36. The Morgan fingerprint density at radius 2 is 1.98 bits per heavy atom. The second kappa shape index (κ2) is 12.9. The van der Waals surface area contributed by atoms with E-state index in [2.05, 4.69) is 15.5 Å². The molecule has 2 saturated heterocycles. The van der Waals surface area contributed by atoms with Crippen LogP contribution in [0.2, 0.25) is 0 Å². The minimum Gasteiger partial charge on any atom is -0.497 e. The van der Waals surface area contributed by atoms with Crippen molar-refractivity contribution in [3.8, 4) is 11.5 Å². The number of aromatic nitrogens is 1. The molecule has 2 fully saturated rings. The van der Waals surface area contributed by atoms with E-state index in [9.17, 15) is 14.4 Å². The van der Waals surface area contributed by atoms with Gasteiger partial charge in [-0.25, -0.2) is 4.98 Å². The maximum Gasteiger partial charge on any atom is 0.294 e. The molecule has 1 aromatic heterocycles. The molecule has 0 aliphatic carbocycles. The van der Waals surface area contributed by atoms with E-state index in [1.54, 1.807) is 26.4 Å². The van der Waals surface area contributed by atoms with Crippen LogP contribution in [0.4, 0.5) is 5.00 Å². The number of methoxy groups -OCH3 is 2. The minimum absolute atomic E-state index is 0.124. The zero-order chi connectivity index (χ0) is 29.7. The third-order valence-corrected chi connectivity index (χ3v) is 8.63. The van der Waals surface area contributed by atoms with Crippen LogP contribution in [0.1, 0.15) is 58.7 Å². The van der Waals surface area contributed by atoms with Gasteiger partial charge in [-0.15, -0.1) is 0 Å². The minimum atomic E-state index is -0.677. The number of benzene rings is 2.